The second-order valence-corrected chi connectivity index (χ2v) is 7.36. The number of imide groups is 1. The lowest BCUT2D eigenvalue weighted by atomic mass is 10.1. The van der Waals surface area contributed by atoms with Gasteiger partial charge in [-0.2, -0.15) is 0 Å². The van der Waals surface area contributed by atoms with Gasteiger partial charge in [0, 0.05) is 3.57 Å². The molecule has 0 radical (unpaired) electrons. The van der Waals surface area contributed by atoms with E-state index in [0.717, 1.165) is 20.2 Å². The minimum atomic E-state index is -0.338. The van der Waals surface area contributed by atoms with Crippen LogP contribution in [0.5, 0.6) is 0 Å². The Kier molecular flexibility index (Phi) is 3.61. The average Bonchev–Trinajstić information content (AvgIpc) is 3.20. The summed E-state index contributed by atoms with van der Waals surface area (Å²) in [5.74, 6) is -0.310. The summed E-state index contributed by atoms with van der Waals surface area (Å²) >= 11 is 2.21. The molecule has 0 aliphatic carbocycles. The van der Waals surface area contributed by atoms with Crippen LogP contribution in [0.4, 0.5) is 5.82 Å². The normalized spacial score (nSPS) is 13.4. The highest BCUT2D eigenvalue weighted by molar-refractivity contribution is 14.1. The first-order valence-electron chi connectivity index (χ1n) is 8.37. The zero-order chi connectivity index (χ0) is 18.5. The SMILES string of the molecule is O=C1c2ccccc2C(=O)N1c1nn(-c2ccccc2)c2cccc(I)c12. The Balaban J connectivity index is 1.78. The van der Waals surface area contributed by atoms with Crippen LogP contribution in [0.1, 0.15) is 20.7 Å². The largest absolute Gasteiger partial charge is 0.268 e. The van der Waals surface area contributed by atoms with E-state index in [1.54, 1.807) is 28.9 Å². The van der Waals surface area contributed by atoms with E-state index in [4.69, 9.17) is 0 Å². The first kappa shape index (κ1) is 16.2. The number of fused-ring (bicyclic) bond motifs is 2. The molecule has 3 aromatic carbocycles. The Morgan fingerprint density at radius 1 is 0.741 bits per heavy atom. The van der Waals surface area contributed by atoms with Crippen LogP contribution in [0.3, 0.4) is 0 Å². The highest BCUT2D eigenvalue weighted by atomic mass is 127. The highest BCUT2D eigenvalue weighted by Gasteiger charge is 2.39. The molecule has 0 spiro atoms. The molecule has 0 saturated heterocycles. The molecule has 2 amide bonds. The molecule has 5 nitrogen and oxygen atoms in total. The van der Waals surface area contributed by atoms with Gasteiger partial charge in [-0.1, -0.05) is 36.4 Å². The Morgan fingerprint density at radius 3 is 2.04 bits per heavy atom. The van der Waals surface area contributed by atoms with Gasteiger partial charge < -0.3 is 0 Å². The number of nitrogens with zero attached hydrogens (tertiary/aromatic N) is 3. The molecule has 0 bridgehead atoms. The highest BCUT2D eigenvalue weighted by Crippen LogP contribution is 2.36. The fourth-order valence-electron chi connectivity index (χ4n) is 3.41. The number of anilines is 1. The van der Waals surface area contributed by atoms with Crippen molar-refractivity contribution in [2.75, 3.05) is 4.90 Å². The summed E-state index contributed by atoms with van der Waals surface area (Å²) < 4.78 is 2.70. The Morgan fingerprint density at radius 2 is 1.37 bits per heavy atom. The molecule has 6 heteroatoms. The molecule has 1 aromatic heterocycles. The van der Waals surface area contributed by atoms with Crippen molar-refractivity contribution in [2.24, 2.45) is 0 Å². The van der Waals surface area contributed by atoms with Gasteiger partial charge in [-0.3, -0.25) is 9.59 Å². The summed E-state index contributed by atoms with van der Waals surface area (Å²) in [6, 6.07) is 22.4. The first-order chi connectivity index (χ1) is 13.2. The third-order valence-corrected chi connectivity index (χ3v) is 5.54. The lowest BCUT2D eigenvalue weighted by molar-refractivity contribution is 0.0925. The van der Waals surface area contributed by atoms with E-state index in [2.05, 4.69) is 27.7 Å². The van der Waals surface area contributed by atoms with E-state index in [-0.39, 0.29) is 11.8 Å². The molecule has 27 heavy (non-hydrogen) atoms. The summed E-state index contributed by atoms with van der Waals surface area (Å²) in [5, 5.41) is 5.47. The predicted molar refractivity (Wildman–Crippen MR) is 111 cm³/mol. The van der Waals surface area contributed by atoms with Crippen LogP contribution >= 0.6 is 22.6 Å². The number of hydrogen-bond donors (Lipinski definition) is 0. The van der Waals surface area contributed by atoms with E-state index in [9.17, 15) is 9.59 Å². The van der Waals surface area contributed by atoms with Crippen LogP contribution in [-0.2, 0) is 0 Å². The quantitative estimate of drug-likeness (QED) is 0.325. The molecule has 1 aliphatic heterocycles. The van der Waals surface area contributed by atoms with Gasteiger partial charge in [-0.25, -0.2) is 9.58 Å². The number of carbonyl (C=O) groups is 2. The summed E-state index contributed by atoms with van der Waals surface area (Å²) in [5.41, 5.74) is 2.54. The van der Waals surface area contributed by atoms with Gasteiger partial charge in [0.25, 0.3) is 11.8 Å². The average molecular weight is 465 g/mol. The molecule has 0 saturated carbocycles. The Bertz CT molecular complexity index is 1200. The number of para-hydroxylation sites is 1. The lowest BCUT2D eigenvalue weighted by Gasteiger charge is -2.11. The van der Waals surface area contributed by atoms with Crippen molar-refractivity contribution in [1.29, 1.82) is 0 Å². The Labute approximate surface area is 168 Å². The maximum atomic E-state index is 13.0. The van der Waals surface area contributed by atoms with Crippen molar-refractivity contribution in [3.63, 3.8) is 0 Å². The number of benzene rings is 3. The van der Waals surface area contributed by atoms with Crippen LogP contribution in [-0.4, -0.2) is 21.6 Å². The van der Waals surface area contributed by atoms with Crippen LogP contribution in [0, 0.1) is 3.57 Å². The lowest BCUT2D eigenvalue weighted by Crippen LogP contribution is -2.30. The van der Waals surface area contributed by atoms with E-state index >= 15 is 0 Å². The summed E-state index contributed by atoms with van der Waals surface area (Å²) in [6.45, 7) is 0. The van der Waals surface area contributed by atoms with E-state index < -0.39 is 0 Å². The third-order valence-electron chi connectivity index (χ3n) is 4.64. The smallest absolute Gasteiger partial charge is 0.267 e. The molecule has 0 atom stereocenters. The Hall–Kier alpha value is -3.00. The van der Waals surface area contributed by atoms with Crippen LogP contribution in [0.2, 0.25) is 0 Å². The van der Waals surface area contributed by atoms with Crippen molar-refractivity contribution in [3.8, 4) is 5.69 Å². The van der Waals surface area contributed by atoms with Gasteiger partial charge in [0.1, 0.15) is 0 Å². The van der Waals surface area contributed by atoms with Crippen LogP contribution < -0.4 is 4.90 Å². The maximum absolute atomic E-state index is 13.0. The van der Waals surface area contributed by atoms with Crippen molar-refractivity contribution >= 4 is 51.1 Å². The van der Waals surface area contributed by atoms with Gasteiger partial charge in [0.2, 0.25) is 0 Å². The summed E-state index contributed by atoms with van der Waals surface area (Å²) in [4.78, 5) is 27.1. The number of hydrogen-bond acceptors (Lipinski definition) is 3. The second-order valence-electron chi connectivity index (χ2n) is 6.20. The van der Waals surface area contributed by atoms with Crippen LogP contribution in [0.15, 0.2) is 72.8 Å². The number of carbonyl (C=O) groups excluding carboxylic acids is 2. The van der Waals surface area contributed by atoms with E-state index in [1.165, 1.54) is 4.90 Å². The van der Waals surface area contributed by atoms with Gasteiger partial charge in [0.15, 0.2) is 5.82 Å². The van der Waals surface area contributed by atoms with Crippen molar-refractivity contribution < 1.29 is 9.59 Å². The number of amides is 2. The molecule has 2 heterocycles. The standard InChI is InChI=1S/C21H12IN3O2/c22-16-11-6-12-17-18(16)19(23-25(17)13-7-2-1-3-8-13)24-20(26)14-9-4-5-10-15(14)21(24)27/h1-12H. The molecule has 0 fully saturated rings. The fourth-order valence-corrected chi connectivity index (χ4v) is 4.14. The monoisotopic (exact) mass is 465 g/mol. The maximum Gasteiger partial charge on any atom is 0.267 e. The zero-order valence-corrected chi connectivity index (χ0v) is 16.1. The van der Waals surface area contributed by atoms with Gasteiger partial charge >= 0.3 is 0 Å². The second kappa shape index (κ2) is 6.02. The molecular formula is C21H12IN3O2. The number of rotatable bonds is 2. The fraction of sp³-hybridized carbons (Fsp3) is 0. The van der Waals surface area contributed by atoms with Crippen LogP contribution in [0.25, 0.3) is 16.6 Å². The molecule has 5 rings (SSSR count). The first-order valence-corrected chi connectivity index (χ1v) is 9.45. The topological polar surface area (TPSA) is 55.2 Å². The summed E-state index contributed by atoms with van der Waals surface area (Å²) in [6.07, 6.45) is 0. The number of halogens is 1. The van der Waals surface area contributed by atoms with E-state index in [1.807, 2.05) is 48.5 Å². The van der Waals surface area contributed by atoms with Crippen molar-refractivity contribution in [2.45, 2.75) is 0 Å². The third kappa shape index (κ3) is 2.33. The molecule has 4 aromatic rings. The minimum Gasteiger partial charge on any atom is -0.268 e. The van der Waals surface area contributed by atoms with Crippen molar-refractivity contribution in [1.82, 2.24) is 9.78 Å². The van der Waals surface area contributed by atoms with E-state index in [0.29, 0.717) is 16.9 Å². The molecular weight excluding hydrogens is 453 g/mol. The number of aromatic nitrogens is 2. The molecule has 130 valence electrons. The van der Waals surface area contributed by atoms with Gasteiger partial charge in [-0.15, -0.1) is 5.10 Å². The van der Waals surface area contributed by atoms with Gasteiger partial charge in [-0.05, 0) is 59.0 Å². The predicted octanol–water partition coefficient (Wildman–Crippen LogP) is 4.43. The zero-order valence-electron chi connectivity index (χ0n) is 14.0. The molecule has 0 N–H and O–H groups in total. The van der Waals surface area contributed by atoms with Gasteiger partial charge in [0.05, 0.1) is 27.7 Å². The molecule has 0 unspecified atom stereocenters. The summed E-state index contributed by atoms with van der Waals surface area (Å²) in [7, 11) is 0. The van der Waals surface area contributed by atoms with Crippen molar-refractivity contribution in [3.05, 3.63) is 87.5 Å². The minimum absolute atomic E-state index is 0.338. The molecule has 1 aliphatic rings.